The minimum absolute atomic E-state index is 0.165. The van der Waals surface area contributed by atoms with Crippen LogP contribution in [0.5, 0.6) is 0 Å². The average Bonchev–Trinajstić information content (AvgIpc) is 2.99. The van der Waals surface area contributed by atoms with E-state index in [1.165, 1.54) is 6.42 Å². The normalized spacial score (nSPS) is 23.4. The van der Waals surface area contributed by atoms with E-state index < -0.39 is 5.60 Å². The van der Waals surface area contributed by atoms with E-state index in [0.29, 0.717) is 12.1 Å². The third-order valence-corrected chi connectivity index (χ3v) is 3.46. The van der Waals surface area contributed by atoms with Gasteiger partial charge in [-0.1, -0.05) is 0 Å². The lowest BCUT2D eigenvalue weighted by Crippen LogP contribution is -2.43. The molecule has 0 bridgehead atoms. The Labute approximate surface area is 116 Å². The molecule has 1 aliphatic heterocycles. The van der Waals surface area contributed by atoms with Crippen molar-refractivity contribution in [2.45, 2.75) is 57.7 Å². The molecule has 2 aliphatic rings. The highest BCUT2D eigenvalue weighted by atomic mass is 16.6. The monoisotopic (exact) mass is 269 g/mol. The second-order valence-corrected chi connectivity index (χ2v) is 6.55. The minimum Gasteiger partial charge on any atom is -0.444 e. The van der Waals surface area contributed by atoms with Crippen molar-refractivity contribution in [3.05, 3.63) is 0 Å². The number of nitrogens with one attached hydrogen (secondary N) is 2. The molecular formula is C14H27N3O2. The maximum atomic E-state index is 12.1. The van der Waals surface area contributed by atoms with Crippen LogP contribution in [0, 0.1) is 0 Å². The van der Waals surface area contributed by atoms with Crippen molar-refractivity contribution in [3.8, 4) is 0 Å². The van der Waals surface area contributed by atoms with E-state index >= 15 is 0 Å². The van der Waals surface area contributed by atoms with Crippen LogP contribution in [0.25, 0.3) is 0 Å². The van der Waals surface area contributed by atoms with Crippen LogP contribution in [0.1, 0.15) is 40.0 Å². The van der Waals surface area contributed by atoms with Crippen LogP contribution < -0.4 is 10.6 Å². The first-order valence-corrected chi connectivity index (χ1v) is 7.39. The van der Waals surface area contributed by atoms with Gasteiger partial charge in [0.2, 0.25) is 0 Å². The van der Waals surface area contributed by atoms with Gasteiger partial charge < -0.3 is 20.3 Å². The van der Waals surface area contributed by atoms with Gasteiger partial charge >= 0.3 is 6.09 Å². The van der Waals surface area contributed by atoms with E-state index in [2.05, 4.69) is 10.6 Å². The number of nitrogens with zero attached hydrogens (tertiary/aromatic N) is 1. The van der Waals surface area contributed by atoms with Crippen LogP contribution in [0.15, 0.2) is 0 Å². The summed E-state index contributed by atoms with van der Waals surface area (Å²) in [5.74, 6) is 0. The molecule has 0 aromatic heterocycles. The molecule has 5 nitrogen and oxygen atoms in total. The summed E-state index contributed by atoms with van der Waals surface area (Å²) < 4.78 is 5.47. The number of rotatable bonds is 5. The lowest BCUT2D eigenvalue weighted by atomic mass is 10.2. The van der Waals surface area contributed by atoms with Crippen molar-refractivity contribution in [1.82, 2.24) is 15.5 Å². The van der Waals surface area contributed by atoms with Crippen molar-refractivity contribution in [2.24, 2.45) is 0 Å². The van der Waals surface area contributed by atoms with Gasteiger partial charge in [0.25, 0.3) is 0 Å². The molecule has 110 valence electrons. The highest BCUT2D eigenvalue weighted by Crippen LogP contribution is 2.28. The Balaban J connectivity index is 1.74. The Morgan fingerprint density at radius 1 is 1.37 bits per heavy atom. The number of carbonyl (C=O) groups excluding carboxylic acids is 1. The predicted octanol–water partition coefficient (Wildman–Crippen LogP) is 1.34. The molecule has 1 saturated heterocycles. The summed E-state index contributed by atoms with van der Waals surface area (Å²) in [6.45, 7) is 9.47. The molecule has 1 saturated carbocycles. The topological polar surface area (TPSA) is 53.6 Å². The zero-order valence-corrected chi connectivity index (χ0v) is 12.4. The zero-order valence-electron chi connectivity index (χ0n) is 12.4. The lowest BCUT2D eigenvalue weighted by molar-refractivity contribution is 0.0235. The zero-order chi connectivity index (χ0) is 13.9. The third-order valence-electron chi connectivity index (χ3n) is 3.46. The number of hydrogen-bond donors (Lipinski definition) is 2. The summed E-state index contributed by atoms with van der Waals surface area (Å²) in [5, 5.41) is 6.83. The van der Waals surface area contributed by atoms with Crippen LogP contribution in [-0.2, 0) is 4.74 Å². The van der Waals surface area contributed by atoms with E-state index in [1.807, 2.05) is 25.7 Å². The highest BCUT2D eigenvalue weighted by Gasteiger charge is 2.34. The van der Waals surface area contributed by atoms with Crippen molar-refractivity contribution >= 4 is 6.09 Å². The molecule has 0 aromatic rings. The summed E-state index contributed by atoms with van der Waals surface area (Å²) in [6.07, 6.45) is 3.24. The summed E-state index contributed by atoms with van der Waals surface area (Å²) >= 11 is 0. The molecule has 1 unspecified atom stereocenters. The van der Waals surface area contributed by atoms with Crippen molar-refractivity contribution in [2.75, 3.05) is 26.2 Å². The maximum Gasteiger partial charge on any atom is 0.410 e. The Hall–Kier alpha value is -0.810. The van der Waals surface area contributed by atoms with E-state index in [4.69, 9.17) is 4.74 Å². The van der Waals surface area contributed by atoms with E-state index in [1.54, 1.807) is 0 Å². The highest BCUT2D eigenvalue weighted by molar-refractivity contribution is 5.69. The molecule has 2 rings (SSSR count). The standard InChI is InChI=1S/C14H27N3O2/c1-14(2,3)19-13(18)17(12-4-5-12)9-8-16-11-6-7-15-10-11/h11-12,15-16H,4-10H2,1-3H3. The van der Waals surface area contributed by atoms with Gasteiger partial charge in [0.15, 0.2) is 0 Å². The van der Waals surface area contributed by atoms with Crippen molar-refractivity contribution < 1.29 is 9.53 Å². The number of carbonyl (C=O) groups is 1. The Bertz CT molecular complexity index is 304. The fraction of sp³-hybridized carbons (Fsp3) is 0.929. The summed E-state index contributed by atoms with van der Waals surface area (Å²) in [6, 6.07) is 0.957. The molecule has 1 heterocycles. The Kier molecular flexibility index (Phi) is 4.68. The second-order valence-electron chi connectivity index (χ2n) is 6.55. The quantitative estimate of drug-likeness (QED) is 0.791. The number of amides is 1. The van der Waals surface area contributed by atoms with Gasteiger partial charge in [0, 0.05) is 31.7 Å². The molecule has 19 heavy (non-hydrogen) atoms. The molecule has 2 N–H and O–H groups in total. The molecule has 1 atom stereocenters. The molecule has 1 amide bonds. The summed E-state index contributed by atoms with van der Waals surface area (Å²) in [5.41, 5.74) is -0.410. The first-order chi connectivity index (χ1) is 8.96. The smallest absolute Gasteiger partial charge is 0.410 e. The molecule has 5 heteroatoms. The van der Waals surface area contributed by atoms with Gasteiger partial charge in [-0.25, -0.2) is 4.79 Å². The maximum absolute atomic E-state index is 12.1. The largest absolute Gasteiger partial charge is 0.444 e. The van der Waals surface area contributed by atoms with Gasteiger partial charge in [0.05, 0.1) is 0 Å². The minimum atomic E-state index is -0.410. The van der Waals surface area contributed by atoms with E-state index in [0.717, 1.165) is 39.0 Å². The lowest BCUT2D eigenvalue weighted by Gasteiger charge is -2.28. The summed E-state index contributed by atoms with van der Waals surface area (Å²) in [7, 11) is 0. The average molecular weight is 269 g/mol. The number of ether oxygens (including phenoxy) is 1. The van der Waals surface area contributed by atoms with Crippen LogP contribution in [0.3, 0.4) is 0 Å². The van der Waals surface area contributed by atoms with Gasteiger partial charge in [-0.2, -0.15) is 0 Å². The van der Waals surface area contributed by atoms with Gasteiger partial charge in [-0.15, -0.1) is 0 Å². The second kappa shape index (κ2) is 6.09. The molecule has 0 spiro atoms. The van der Waals surface area contributed by atoms with Gasteiger partial charge in [-0.05, 0) is 46.6 Å². The fourth-order valence-corrected chi connectivity index (χ4v) is 2.35. The van der Waals surface area contributed by atoms with Crippen LogP contribution in [0.2, 0.25) is 0 Å². The van der Waals surface area contributed by atoms with Crippen molar-refractivity contribution in [1.29, 1.82) is 0 Å². The molecule has 2 fully saturated rings. The van der Waals surface area contributed by atoms with Crippen LogP contribution in [0.4, 0.5) is 4.79 Å². The van der Waals surface area contributed by atoms with E-state index in [-0.39, 0.29) is 6.09 Å². The molecular weight excluding hydrogens is 242 g/mol. The molecule has 1 aliphatic carbocycles. The summed E-state index contributed by atoms with van der Waals surface area (Å²) in [4.78, 5) is 14.0. The Morgan fingerprint density at radius 2 is 2.11 bits per heavy atom. The first-order valence-electron chi connectivity index (χ1n) is 7.39. The van der Waals surface area contributed by atoms with E-state index in [9.17, 15) is 4.79 Å². The number of hydrogen-bond acceptors (Lipinski definition) is 4. The Morgan fingerprint density at radius 3 is 2.63 bits per heavy atom. The molecule has 0 aromatic carbocycles. The van der Waals surface area contributed by atoms with Crippen LogP contribution >= 0.6 is 0 Å². The molecule has 0 radical (unpaired) electrons. The van der Waals surface area contributed by atoms with Crippen molar-refractivity contribution in [3.63, 3.8) is 0 Å². The third kappa shape index (κ3) is 4.99. The SMILES string of the molecule is CC(C)(C)OC(=O)N(CCNC1CCNC1)C1CC1. The van der Waals surface area contributed by atoms with Crippen LogP contribution in [-0.4, -0.2) is 54.9 Å². The predicted molar refractivity (Wildman–Crippen MR) is 75.2 cm³/mol. The first kappa shape index (κ1) is 14.6. The van der Waals surface area contributed by atoms with Gasteiger partial charge in [-0.3, -0.25) is 0 Å². The van der Waals surface area contributed by atoms with Gasteiger partial charge in [0.1, 0.15) is 5.60 Å². The fourth-order valence-electron chi connectivity index (χ4n) is 2.35.